The summed E-state index contributed by atoms with van der Waals surface area (Å²) in [5, 5.41) is 0. The van der Waals surface area contributed by atoms with Crippen LogP contribution in [0.5, 0.6) is 11.5 Å². The molecule has 3 heterocycles. The highest BCUT2D eigenvalue weighted by molar-refractivity contribution is 5.81. The lowest BCUT2D eigenvalue weighted by atomic mass is 10.0. The van der Waals surface area contributed by atoms with E-state index in [-0.39, 0.29) is 5.56 Å². The van der Waals surface area contributed by atoms with Gasteiger partial charge in [0.2, 0.25) is 0 Å². The monoisotopic (exact) mass is 390 g/mol. The van der Waals surface area contributed by atoms with Gasteiger partial charge in [-0.15, -0.1) is 0 Å². The van der Waals surface area contributed by atoms with Gasteiger partial charge in [0, 0.05) is 37.0 Å². The number of pyridine rings is 2. The molecule has 148 valence electrons. The summed E-state index contributed by atoms with van der Waals surface area (Å²) in [5.74, 6) is 1.96. The van der Waals surface area contributed by atoms with E-state index in [1.807, 2.05) is 34.9 Å². The van der Waals surface area contributed by atoms with Crippen molar-refractivity contribution in [2.24, 2.45) is 7.05 Å². The van der Waals surface area contributed by atoms with Crippen LogP contribution >= 0.6 is 0 Å². The van der Waals surface area contributed by atoms with Crippen LogP contribution in [0.2, 0.25) is 0 Å². The molecule has 0 saturated heterocycles. The Morgan fingerprint density at radius 3 is 2.48 bits per heavy atom. The maximum Gasteiger partial charge on any atom is 0.250 e. The Morgan fingerprint density at radius 2 is 1.79 bits per heavy atom. The Morgan fingerprint density at radius 1 is 1.03 bits per heavy atom. The molecule has 4 rings (SSSR count). The minimum absolute atomic E-state index is 0.0679. The molecule has 3 aromatic heterocycles. The SMILES string of the molecule is CCc1ccc(-n2cnc3cc(OC)c(OC)cc32)nc1-c1ccn(C)c(=O)c1. The summed E-state index contributed by atoms with van der Waals surface area (Å²) in [6.45, 7) is 2.07. The van der Waals surface area contributed by atoms with Crippen LogP contribution in [-0.2, 0) is 13.5 Å². The average Bonchev–Trinajstić information content (AvgIpc) is 3.16. The second kappa shape index (κ2) is 7.43. The summed E-state index contributed by atoms with van der Waals surface area (Å²) in [7, 11) is 4.94. The van der Waals surface area contributed by atoms with Crippen LogP contribution < -0.4 is 15.0 Å². The summed E-state index contributed by atoms with van der Waals surface area (Å²) >= 11 is 0. The van der Waals surface area contributed by atoms with Crippen molar-refractivity contribution in [1.82, 2.24) is 19.1 Å². The number of hydrogen-bond donors (Lipinski definition) is 0. The van der Waals surface area contributed by atoms with Gasteiger partial charge in [0.1, 0.15) is 12.1 Å². The fourth-order valence-corrected chi connectivity index (χ4v) is 3.36. The molecular formula is C22H22N4O3. The molecule has 0 bridgehead atoms. The van der Waals surface area contributed by atoms with E-state index in [1.165, 1.54) is 0 Å². The first kappa shape index (κ1) is 18.7. The van der Waals surface area contributed by atoms with E-state index in [9.17, 15) is 4.79 Å². The van der Waals surface area contributed by atoms with Gasteiger partial charge in [-0.1, -0.05) is 13.0 Å². The molecule has 7 nitrogen and oxygen atoms in total. The molecule has 0 aliphatic carbocycles. The molecule has 7 heteroatoms. The number of nitrogens with zero attached hydrogens (tertiary/aromatic N) is 4. The molecule has 0 amide bonds. The van der Waals surface area contributed by atoms with Crippen molar-refractivity contribution in [1.29, 1.82) is 0 Å². The van der Waals surface area contributed by atoms with Crippen LogP contribution in [0.15, 0.2) is 53.7 Å². The summed E-state index contributed by atoms with van der Waals surface area (Å²) in [6, 6.07) is 11.3. The van der Waals surface area contributed by atoms with E-state index < -0.39 is 0 Å². The third-order valence-corrected chi connectivity index (χ3v) is 5.02. The molecule has 0 aliphatic heterocycles. The van der Waals surface area contributed by atoms with Gasteiger partial charge in [-0.3, -0.25) is 9.36 Å². The Balaban J connectivity index is 1.90. The fourth-order valence-electron chi connectivity index (χ4n) is 3.36. The van der Waals surface area contributed by atoms with Gasteiger partial charge in [0.25, 0.3) is 5.56 Å². The van der Waals surface area contributed by atoms with Crippen molar-refractivity contribution in [3.63, 3.8) is 0 Å². The van der Waals surface area contributed by atoms with Crippen LogP contribution in [-0.4, -0.2) is 33.3 Å². The van der Waals surface area contributed by atoms with Crippen molar-refractivity contribution in [2.45, 2.75) is 13.3 Å². The highest BCUT2D eigenvalue weighted by atomic mass is 16.5. The van der Waals surface area contributed by atoms with Gasteiger partial charge < -0.3 is 14.0 Å². The van der Waals surface area contributed by atoms with E-state index >= 15 is 0 Å². The number of rotatable bonds is 5. The molecule has 29 heavy (non-hydrogen) atoms. The maximum atomic E-state index is 12.1. The number of fused-ring (bicyclic) bond motifs is 1. The van der Waals surface area contributed by atoms with Gasteiger partial charge >= 0.3 is 0 Å². The normalized spacial score (nSPS) is 11.0. The standard InChI is InChI=1S/C22H22N4O3/c1-5-14-6-7-20(24-22(14)15-8-9-25(2)21(27)10-15)26-13-23-16-11-18(28-3)19(29-4)12-17(16)26/h6-13H,5H2,1-4H3. The number of aromatic nitrogens is 4. The minimum Gasteiger partial charge on any atom is -0.493 e. The summed E-state index contributed by atoms with van der Waals surface area (Å²) < 4.78 is 14.2. The third-order valence-electron chi connectivity index (χ3n) is 5.02. The van der Waals surface area contributed by atoms with Crippen LogP contribution in [0.25, 0.3) is 28.1 Å². The zero-order valence-corrected chi connectivity index (χ0v) is 16.8. The lowest BCUT2D eigenvalue weighted by Crippen LogP contribution is -2.14. The molecule has 0 atom stereocenters. The molecule has 0 radical (unpaired) electrons. The molecule has 0 saturated carbocycles. The van der Waals surface area contributed by atoms with E-state index in [0.717, 1.165) is 34.3 Å². The topological polar surface area (TPSA) is 71.2 Å². The zero-order chi connectivity index (χ0) is 20.5. The summed E-state index contributed by atoms with van der Waals surface area (Å²) in [5.41, 5.74) is 4.24. The highest BCUT2D eigenvalue weighted by Gasteiger charge is 2.14. The van der Waals surface area contributed by atoms with Crippen LogP contribution in [0, 0.1) is 0 Å². The summed E-state index contributed by atoms with van der Waals surface area (Å²) in [4.78, 5) is 21.5. The maximum absolute atomic E-state index is 12.1. The Kier molecular flexibility index (Phi) is 4.80. The van der Waals surface area contributed by atoms with Gasteiger partial charge in [0.05, 0.1) is 30.9 Å². The van der Waals surface area contributed by atoms with Crippen molar-refractivity contribution < 1.29 is 9.47 Å². The second-order valence-electron chi connectivity index (χ2n) is 6.71. The first-order chi connectivity index (χ1) is 14.0. The molecule has 0 aliphatic rings. The zero-order valence-electron chi connectivity index (χ0n) is 16.8. The van der Waals surface area contributed by atoms with Crippen molar-refractivity contribution >= 4 is 11.0 Å². The second-order valence-corrected chi connectivity index (χ2v) is 6.71. The van der Waals surface area contributed by atoms with E-state index in [4.69, 9.17) is 14.5 Å². The Hall–Kier alpha value is -3.61. The Bertz CT molecular complexity index is 1260. The molecule has 0 fully saturated rings. The largest absolute Gasteiger partial charge is 0.493 e. The number of ether oxygens (including phenoxy) is 2. The third kappa shape index (κ3) is 3.24. The smallest absolute Gasteiger partial charge is 0.250 e. The van der Waals surface area contributed by atoms with Crippen molar-refractivity contribution in [3.8, 4) is 28.6 Å². The lowest BCUT2D eigenvalue weighted by molar-refractivity contribution is 0.355. The van der Waals surface area contributed by atoms with Crippen molar-refractivity contribution in [2.75, 3.05) is 14.2 Å². The van der Waals surface area contributed by atoms with Crippen molar-refractivity contribution in [3.05, 3.63) is 64.8 Å². The molecule has 0 spiro atoms. The lowest BCUT2D eigenvalue weighted by Gasteiger charge is -2.12. The first-order valence-corrected chi connectivity index (χ1v) is 9.32. The van der Waals surface area contributed by atoms with Crippen LogP contribution in [0.4, 0.5) is 0 Å². The molecular weight excluding hydrogens is 368 g/mol. The average molecular weight is 390 g/mol. The number of methoxy groups -OCH3 is 2. The summed E-state index contributed by atoms with van der Waals surface area (Å²) in [6.07, 6.45) is 4.30. The van der Waals surface area contributed by atoms with Gasteiger partial charge in [0.15, 0.2) is 11.5 Å². The quantitative estimate of drug-likeness (QED) is 0.523. The van der Waals surface area contributed by atoms with E-state index in [1.54, 1.807) is 44.4 Å². The fraction of sp³-hybridized carbons (Fsp3) is 0.227. The first-order valence-electron chi connectivity index (χ1n) is 9.32. The predicted molar refractivity (Wildman–Crippen MR) is 112 cm³/mol. The highest BCUT2D eigenvalue weighted by Crippen LogP contribution is 2.33. The number of hydrogen-bond acceptors (Lipinski definition) is 5. The number of imidazole rings is 1. The van der Waals surface area contributed by atoms with Crippen LogP contribution in [0.3, 0.4) is 0 Å². The van der Waals surface area contributed by atoms with Gasteiger partial charge in [-0.2, -0.15) is 0 Å². The predicted octanol–water partition coefficient (Wildman–Crippen LogP) is 3.37. The van der Waals surface area contributed by atoms with E-state index in [2.05, 4.69) is 11.9 Å². The van der Waals surface area contributed by atoms with Crippen LogP contribution in [0.1, 0.15) is 12.5 Å². The number of aryl methyl sites for hydroxylation is 2. The Labute approximate surface area is 168 Å². The molecule has 0 N–H and O–H groups in total. The molecule has 0 unspecified atom stereocenters. The molecule has 1 aromatic carbocycles. The van der Waals surface area contributed by atoms with Gasteiger partial charge in [-0.05, 0) is 24.1 Å². The van der Waals surface area contributed by atoms with Gasteiger partial charge in [-0.25, -0.2) is 9.97 Å². The van der Waals surface area contributed by atoms with E-state index in [0.29, 0.717) is 17.3 Å². The molecule has 4 aromatic rings. The minimum atomic E-state index is -0.0679. The number of benzene rings is 1.